The fourth-order valence-electron chi connectivity index (χ4n) is 6.32. The third kappa shape index (κ3) is 4.33. The van der Waals surface area contributed by atoms with Crippen LogP contribution in [0, 0.1) is 6.92 Å². The van der Waals surface area contributed by atoms with Gasteiger partial charge < -0.3 is 19.8 Å². The molecule has 1 aliphatic carbocycles. The normalized spacial score (nSPS) is 24.4. The number of nitrogens with one attached hydrogen (secondary N) is 2. The molecule has 2 atom stereocenters. The summed E-state index contributed by atoms with van der Waals surface area (Å²) in [6, 6.07) is 4.53. The molecule has 0 bridgehead atoms. The Hall–Kier alpha value is -2.75. The predicted octanol–water partition coefficient (Wildman–Crippen LogP) is 2.91. The highest BCUT2D eigenvalue weighted by molar-refractivity contribution is 6.07. The second-order valence-corrected chi connectivity index (χ2v) is 10.4. The molecule has 3 aromatic rings. The first kappa shape index (κ1) is 23.6. The van der Waals surface area contributed by atoms with Crippen molar-refractivity contribution < 1.29 is 14.3 Å². The molecule has 1 saturated carbocycles. The number of fused-ring (bicyclic) bond motifs is 3. The summed E-state index contributed by atoms with van der Waals surface area (Å²) >= 11 is 0. The van der Waals surface area contributed by atoms with Crippen molar-refractivity contribution in [1.29, 1.82) is 0 Å². The Bertz CT molecular complexity index is 1320. The molecule has 9 nitrogen and oxygen atoms in total. The number of ether oxygens (including phenoxy) is 2. The van der Waals surface area contributed by atoms with Crippen LogP contribution in [-0.4, -0.2) is 77.2 Å². The van der Waals surface area contributed by atoms with Gasteiger partial charge in [-0.05, 0) is 50.3 Å². The van der Waals surface area contributed by atoms with E-state index >= 15 is 0 Å². The summed E-state index contributed by atoms with van der Waals surface area (Å²) in [7, 11) is 0. The first-order valence-electron chi connectivity index (χ1n) is 13.3. The molecule has 3 fully saturated rings. The Morgan fingerprint density at radius 1 is 1.03 bits per heavy atom. The third-order valence-electron chi connectivity index (χ3n) is 8.25. The molecule has 192 valence electrons. The van der Waals surface area contributed by atoms with Crippen molar-refractivity contribution in [2.45, 2.75) is 63.6 Å². The maximum absolute atomic E-state index is 13.7. The summed E-state index contributed by atoms with van der Waals surface area (Å²) in [5.41, 5.74) is 2.90. The average Bonchev–Trinajstić information content (AvgIpc) is 3.36. The van der Waals surface area contributed by atoms with Crippen LogP contribution < -0.4 is 10.9 Å². The molecule has 6 rings (SSSR count). The molecule has 2 aliphatic heterocycles. The van der Waals surface area contributed by atoms with Gasteiger partial charge in [0.1, 0.15) is 0 Å². The number of morpholine rings is 1. The lowest BCUT2D eigenvalue weighted by Gasteiger charge is -2.41. The van der Waals surface area contributed by atoms with Gasteiger partial charge in [0.15, 0.2) is 0 Å². The molecule has 0 radical (unpaired) electrons. The third-order valence-corrected chi connectivity index (χ3v) is 8.25. The number of hydrogen-bond acceptors (Lipinski definition) is 6. The van der Waals surface area contributed by atoms with Crippen molar-refractivity contribution in [3.05, 3.63) is 39.8 Å². The van der Waals surface area contributed by atoms with E-state index in [0.29, 0.717) is 30.2 Å². The first-order valence-corrected chi connectivity index (χ1v) is 13.3. The first-order chi connectivity index (χ1) is 17.6. The lowest BCUT2D eigenvalue weighted by molar-refractivity contribution is 0.000124. The average molecular weight is 494 g/mol. The number of hydrogen-bond donors (Lipinski definition) is 2. The van der Waals surface area contributed by atoms with Gasteiger partial charge in [-0.1, -0.05) is 12.8 Å². The number of aryl methyl sites for hydroxylation is 1. The molecule has 1 aromatic carbocycles. The van der Waals surface area contributed by atoms with Gasteiger partial charge in [-0.2, -0.15) is 5.10 Å². The molecule has 9 heteroatoms. The Labute approximate surface area is 210 Å². The molecule has 2 N–H and O–H groups in total. The second kappa shape index (κ2) is 9.95. The topological polar surface area (TPSA) is 101 Å². The van der Waals surface area contributed by atoms with E-state index in [1.165, 1.54) is 6.42 Å². The summed E-state index contributed by atoms with van der Waals surface area (Å²) in [6.45, 7) is 6.68. The number of nitrogens with zero attached hydrogens (tertiary/aromatic N) is 3. The van der Waals surface area contributed by atoms with Gasteiger partial charge in [0, 0.05) is 49.3 Å². The fraction of sp³-hybridized carbons (Fsp3) is 0.593. The van der Waals surface area contributed by atoms with Crippen molar-refractivity contribution in [3.63, 3.8) is 0 Å². The van der Waals surface area contributed by atoms with E-state index in [1.54, 1.807) is 6.20 Å². The fourth-order valence-corrected chi connectivity index (χ4v) is 6.32. The zero-order chi connectivity index (χ0) is 24.6. The van der Waals surface area contributed by atoms with E-state index < -0.39 is 0 Å². The van der Waals surface area contributed by atoms with E-state index in [-0.39, 0.29) is 23.6 Å². The highest BCUT2D eigenvalue weighted by Gasteiger charge is 2.32. The van der Waals surface area contributed by atoms with Crippen LogP contribution in [0.15, 0.2) is 23.1 Å². The maximum atomic E-state index is 13.7. The zero-order valence-electron chi connectivity index (χ0n) is 20.9. The quantitative estimate of drug-likeness (QED) is 0.580. The summed E-state index contributed by atoms with van der Waals surface area (Å²) in [6.07, 6.45) is 7.79. The maximum Gasteiger partial charge on any atom is 0.259 e. The molecule has 36 heavy (non-hydrogen) atoms. The Balaban J connectivity index is 1.36. The van der Waals surface area contributed by atoms with E-state index in [0.717, 1.165) is 80.4 Å². The minimum Gasteiger partial charge on any atom is -0.381 e. The van der Waals surface area contributed by atoms with Crippen LogP contribution >= 0.6 is 0 Å². The van der Waals surface area contributed by atoms with Crippen molar-refractivity contribution in [1.82, 2.24) is 25.0 Å². The Morgan fingerprint density at radius 2 is 1.78 bits per heavy atom. The Morgan fingerprint density at radius 3 is 2.58 bits per heavy atom. The van der Waals surface area contributed by atoms with Gasteiger partial charge in [0.2, 0.25) is 0 Å². The second-order valence-electron chi connectivity index (χ2n) is 10.4. The molecule has 4 heterocycles. The summed E-state index contributed by atoms with van der Waals surface area (Å²) in [4.78, 5) is 32.0. The van der Waals surface area contributed by atoms with Crippen molar-refractivity contribution in [2.24, 2.45) is 0 Å². The van der Waals surface area contributed by atoms with E-state index in [9.17, 15) is 9.59 Å². The van der Waals surface area contributed by atoms with Gasteiger partial charge in [-0.3, -0.25) is 19.2 Å². The molecule has 2 aromatic heterocycles. The van der Waals surface area contributed by atoms with E-state index in [2.05, 4.69) is 20.3 Å². The van der Waals surface area contributed by atoms with Crippen LogP contribution in [0.4, 0.5) is 0 Å². The number of aromatic amines is 1. The number of rotatable bonds is 4. The monoisotopic (exact) mass is 493 g/mol. The minimum atomic E-state index is -0.150. The lowest BCUT2D eigenvalue weighted by Crippen LogP contribution is -2.56. The number of H-pyrrole nitrogens is 1. The Kier molecular flexibility index (Phi) is 6.54. The number of benzene rings is 1. The standard InChI is InChI=1S/C27H35N5O4/c1-17-14-23-20(25-21(27(34)30-23)16-28-32(25)18-6-10-35-11-7-18)15-19(17)26(33)29-22-4-2-3-5-24(22)31-8-12-36-13-9-31/h14-16,18,22,24H,2-13H2,1H3,(H,29,33)(H,30,34)/t22-,24-/m1/s1. The van der Waals surface area contributed by atoms with Crippen molar-refractivity contribution >= 4 is 27.7 Å². The number of aromatic nitrogens is 3. The van der Waals surface area contributed by atoms with Gasteiger partial charge in [0.25, 0.3) is 11.5 Å². The largest absolute Gasteiger partial charge is 0.381 e. The van der Waals surface area contributed by atoms with Crippen LogP contribution in [0.25, 0.3) is 21.8 Å². The SMILES string of the molecule is Cc1cc2[nH]c(=O)c3cnn(C4CCOCC4)c3c2cc1C(=O)N[C@@H]1CCCC[C@H]1N1CCOCC1. The number of amides is 1. The van der Waals surface area contributed by atoms with E-state index in [4.69, 9.17) is 9.47 Å². The number of carbonyl (C=O) groups excluding carboxylic acids is 1. The lowest BCUT2D eigenvalue weighted by atomic mass is 9.88. The smallest absolute Gasteiger partial charge is 0.259 e. The van der Waals surface area contributed by atoms with Crippen LogP contribution in [-0.2, 0) is 9.47 Å². The highest BCUT2D eigenvalue weighted by atomic mass is 16.5. The van der Waals surface area contributed by atoms with Crippen LogP contribution in [0.3, 0.4) is 0 Å². The molecule has 3 aliphatic rings. The van der Waals surface area contributed by atoms with Gasteiger partial charge in [-0.15, -0.1) is 0 Å². The summed E-state index contributed by atoms with van der Waals surface area (Å²) < 4.78 is 13.1. The van der Waals surface area contributed by atoms with Crippen LogP contribution in [0.1, 0.15) is 60.5 Å². The summed E-state index contributed by atoms with van der Waals surface area (Å²) in [5.74, 6) is -0.0453. The highest BCUT2D eigenvalue weighted by Crippen LogP contribution is 2.30. The van der Waals surface area contributed by atoms with Gasteiger partial charge in [-0.25, -0.2) is 0 Å². The van der Waals surface area contributed by atoms with Crippen molar-refractivity contribution in [2.75, 3.05) is 39.5 Å². The van der Waals surface area contributed by atoms with Gasteiger partial charge >= 0.3 is 0 Å². The van der Waals surface area contributed by atoms with Crippen LogP contribution in [0.5, 0.6) is 0 Å². The van der Waals surface area contributed by atoms with Gasteiger partial charge in [0.05, 0.1) is 41.9 Å². The van der Waals surface area contributed by atoms with E-state index in [1.807, 2.05) is 23.7 Å². The molecule has 1 amide bonds. The molecule has 0 spiro atoms. The molecule has 2 saturated heterocycles. The number of pyridine rings is 1. The number of carbonyl (C=O) groups is 1. The van der Waals surface area contributed by atoms with Crippen LogP contribution in [0.2, 0.25) is 0 Å². The molecule has 0 unspecified atom stereocenters. The van der Waals surface area contributed by atoms with Crippen molar-refractivity contribution in [3.8, 4) is 0 Å². The molecular weight excluding hydrogens is 458 g/mol. The zero-order valence-corrected chi connectivity index (χ0v) is 20.9. The minimum absolute atomic E-state index is 0.0453. The molecular formula is C27H35N5O4. The summed E-state index contributed by atoms with van der Waals surface area (Å²) in [5, 5.41) is 9.41. The predicted molar refractivity (Wildman–Crippen MR) is 138 cm³/mol.